The zero-order valence-corrected chi connectivity index (χ0v) is 11.5. The molecule has 0 aromatic heterocycles. The van der Waals surface area contributed by atoms with Gasteiger partial charge in [0.15, 0.2) is 0 Å². The number of rotatable bonds is 9. The second-order valence-electron chi connectivity index (χ2n) is 4.90. The molecule has 0 bridgehead atoms. The van der Waals surface area contributed by atoms with Crippen molar-refractivity contribution >= 4 is 0 Å². The predicted molar refractivity (Wildman–Crippen MR) is 65.4 cm³/mol. The van der Waals surface area contributed by atoms with Crippen LogP contribution in [0.1, 0.15) is 45.4 Å². The van der Waals surface area contributed by atoms with Crippen LogP contribution in [0, 0.1) is 0 Å². The van der Waals surface area contributed by atoms with E-state index < -0.39 is 0 Å². The average Bonchev–Trinajstić information content (AvgIpc) is 2.11. The van der Waals surface area contributed by atoms with Crippen LogP contribution in [0.4, 0.5) is 0 Å². The largest absolute Gasteiger partial charge is 1.00 e. The van der Waals surface area contributed by atoms with Crippen LogP contribution in [0.3, 0.4) is 0 Å². The molecule has 0 amide bonds. The molecule has 0 saturated heterocycles. The molecule has 0 atom stereocenters. The lowest BCUT2D eigenvalue weighted by molar-refractivity contribution is -0.884. The molecule has 0 aliphatic rings. The quantitative estimate of drug-likeness (QED) is 0.311. The second kappa shape index (κ2) is 10.5. The first-order chi connectivity index (χ1) is 6.62. The molecule has 0 radical (unpaired) electrons. The molecule has 0 saturated carbocycles. The summed E-state index contributed by atoms with van der Waals surface area (Å²) in [5, 5.41) is 0. The van der Waals surface area contributed by atoms with Crippen LogP contribution < -0.4 is 12.4 Å². The van der Waals surface area contributed by atoms with Gasteiger partial charge >= 0.3 is 0 Å². The molecule has 0 rings (SSSR count). The zero-order chi connectivity index (χ0) is 10.9. The standard InChI is InChI=1S/C13H28N.ClH/c1-5-7-8-9-10-11-13-14(3,4)12-6-2;/h6H,2,5,7-13H2,1,3-4H3;1H/q+1;/p-1. The number of quaternary nitrogens is 1. The molecule has 2 heteroatoms. The van der Waals surface area contributed by atoms with Gasteiger partial charge in [0.05, 0.1) is 27.2 Å². The van der Waals surface area contributed by atoms with Gasteiger partial charge in [-0.1, -0.05) is 39.2 Å². The highest BCUT2D eigenvalue weighted by Crippen LogP contribution is 2.07. The van der Waals surface area contributed by atoms with Gasteiger partial charge in [-0.15, -0.1) is 0 Å². The van der Waals surface area contributed by atoms with Crippen molar-refractivity contribution in [3.63, 3.8) is 0 Å². The van der Waals surface area contributed by atoms with Crippen LogP contribution in [0.2, 0.25) is 0 Å². The van der Waals surface area contributed by atoms with Gasteiger partial charge in [-0.05, 0) is 18.9 Å². The van der Waals surface area contributed by atoms with E-state index in [1.807, 2.05) is 6.08 Å². The van der Waals surface area contributed by atoms with Gasteiger partial charge in [-0.25, -0.2) is 0 Å². The molecule has 0 spiro atoms. The monoisotopic (exact) mass is 233 g/mol. The van der Waals surface area contributed by atoms with Crippen molar-refractivity contribution in [1.82, 2.24) is 0 Å². The van der Waals surface area contributed by atoms with Crippen LogP contribution in [-0.2, 0) is 0 Å². The minimum absolute atomic E-state index is 0. The normalized spacial score (nSPS) is 10.9. The maximum atomic E-state index is 3.80. The van der Waals surface area contributed by atoms with E-state index in [1.54, 1.807) is 0 Å². The van der Waals surface area contributed by atoms with Crippen molar-refractivity contribution in [2.75, 3.05) is 27.2 Å². The van der Waals surface area contributed by atoms with E-state index >= 15 is 0 Å². The number of unbranched alkanes of at least 4 members (excludes halogenated alkanes) is 5. The molecule has 0 heterocycles. The maximum Gasteiger partial charge on any atom is 0.0966 e. The molecule has 0 aliphatic carbocycles. The molecule has 1 nitrogen and oxygen atoms in total. The van der Waals surface area contributed by atoms with E-state index in [0.717, 1.165) is 11.0 Å². The number of nitrogens with zero attached hydrogens (tertiary/aromatic N) is 1. The van der Waals surface area contributed by atoms with Crippen molar-refractivity contribution in [1.29, 1.82) is 0 Å². The fourth-order valence-electron chi connectivity index (χ4n) is 1.76. The topological polar surface area (TPSA) is 0 Å². The minimum atomic E-state index is 0. The highest BCUT2D eigenvalue weighted by molar-refractivity contribution is 4.64. The Bertz CT molecular complexity index is 143. The maximum absolute atomic E-state index is 3.80. The molecule has 0 unspecified atom stereocenters. The third-order valence-corrected chi connectivity index (χ3v) is 2.74. The van der Waals surface area contributed by atoms with E-state index in [4.69, 9.17) is 0 Å². The fourth-order valence-corrected chi connectivity index (χ4v) is 1.76. The van der Waals surface area contributed by atoms with Crippen LogP contribution in [-0.4, -0.2) is 31.7 Å². The first-order valence-corrected chi connectivity index (χ1v) is 6.05. The number of halogens is 1. The summed E-state index contributed by atoms with van der Waals surface area (Å²) in [4.78, 5) is 0. The van der Waals surface area contributed by atoms with Crippen LogP contribution in [0.25, 0.3) is 0 Å². The van der Waals surface area contributed by atoms with Crippen LogP contribution >= 0.6 is 0 Å². The Morgan fingerprint density at radius 3 is 2.07 bits per heavy atom. The van der Waals surface area contributed by atoms with Gasteiger partial charge < -0.3 is 16.9 Å². The van der Waals surface area contributed by atoms with Gasteiger partial charge in [0, 0.05) is 0 Å². The highest BCUT2D eigenvalue weighted by Gasteiger charge is 2.10. The van der Waals surface area contributed by atoms with Crippen molar-refractivity contribution in [2.45, 2.75) is 45.4 Å². The molecule has 0 fully saturated rings. The third kappa shape index (κ3) is 11.9. The molecule has 0 aliphatic heterocycles. The molecule has 0 aromatic rings. The van der Waals surface area contributed by atoms with Crippen molar-refractivity contribution < 1.29 is 16.9 Å². The molecule has 0 aromatic carbocycles. The lowest BCUT2D eigenvalue weighted by Gasteiger charge is -2.28. The summed E-state index contributed by atoms with van der Waals surface area (Å²) in [5.41, 5.74) is 0. The van der Waals surface area contributed by atoms with Crippen molar-refractivity contribution in [3.05, 3.63) is 12.7 Å². The van der Waals surface area contributed by atoms with Crippen molar-refractivity contribution in [3.8, 4) is 0 Å². The summed E-state index contributed by atoms with van der Waals surface area (Å²) < 4.78 is 1.09. The van der Waals surface area contributed by atoms with Crippen molar-refractivity contribution in [2.24, 2.45) is 0 Å². The first kappa shape index (κ1) is 17.4. The number of likely N-dealkylation sites (N-methyl/N-ethyl adjacent to an activating group) is 1. The van der Waals surface area contributed by atoms with E-state index in [0.29, 0.717) is 0 Å². The zero-order valence-electron chi connectivity index (χ0n) is 10.8. The Balaban J connectivity index is 0. The first-order valence-electron chi connectivity index (χ1n) is 6.05. The Morgan fingerprint density at radius 2 is 1.53 bits per heavy atom. The smallest absolute Gasteiger partial charge is 0.0966 e. The predicted octanol–water partition coefficient (Wildman–Crippen LogP) is 0.613. The Hall–Kier alpha value is -0.0100. The van der Waals surface area contributed by atoms with Gasteiger partial charge in [0.2, 0.25) is 0 Å². The third-order valence-electron chi connectivity index (χ3n) is 2.74. The van der Waals surface area contributed by atoms with Gasteiger partial charge in [-0.3, -0.25) is 0 Å². The molecular weight excluding hydrogens is 206 g/mol. The fraction of sp³-hybridized carbons (Fsp3) is 0.846. The van der Waals surface area contributed by atoms with Gasteiger partial charge in [0.25, 0.3) is 0 Å². The lowest BCUT2D eigenvalue weighted by atomic mass is 10.1. The minimum Gasteiger partial charge on any atom is -1.00 e. The van der Waals surface area contributed by atoms with Gasteiger partial charge in [0.1, 0.15) is 0 Å². The van der Waals surface area contributed by atoms with E-state index in [1.165, 1.54) is 45.1 Å². The van der Waals surface area contributed by atoms with E-state index in [-0.39, 0.29) is 12.4 Å². The summed E-state index contributed by atoms with van der Waals surface area (Å²) >= 11 is 0. The Kier molecular flexibility index (Phi) is 12.2. The molecule has 0 N–H and O–H groups in total. The summed E-state index contributed by atoms with van der Waals surface area (Å²) in [7, 11) is 4.57. The van der Waals surface area contributed by atoms with Crippen LogP contribution in [0.15, 0.2) is 12.7 Å². The number of hydrogen-bond donors (Lipinski definition) is 0. The average molecular weight is 234 g/mol. The van der Waals surface area contributed by atoms with E-state index in [2.05, 4.69) is 27.6 Å². The highest BCUT2D eigenvalue weighted by atomic mass is 35.5. The summed E-state index contributed by atoms with van der Waals surface area (Å²) in [6.45, 7) is 8.45. The Morgan fingerprint density at radius 1 is 1.00 bits per heavy atom. The van der Waals surface area contributed by atoms with E-state index in [9.17, 15) is 0 Å². The summed E-state index contributed by atoms with van der Waals surface area (Å²) in [6.07, 6.45) is 10.4. The summed E-state index contributed by atoms with van der Waals surface area (Å²) in [5.74, 6) is 0. The summed E-state index contributed by atoms with van der Waals surface area (Å²) in [6, 6.07) is 0. The lowest BCUT2D eigenvalue weighted by Crippen LogP contribution is -3.00. The molecular formula is C13H28ClN. The SMILES string of the molecule is C=CC[N+](C)(C)CCCCCCCC.[Cl-]. The Labute approximate surface area is 103 Å². The second-order valence-corrected chi connectivity index (χ2v) is 4.90. The molecule has 92 valence electrons. The van der Waals surface area contributed by atoms with Gasteiger partial charge in [-0.2, -0.15) is 0 Å². The number of hydrogen-bond acceptors (Lipinski definition) is 0. The van der Waals surface area contributed by atoms with Crippen LogP contribution in [0.5, 0.6) is 0 Å². The molecule has 15 heavy (non-hydrogen) atoms.